The molecule has 0 saturated heterocycles. The highest BCUT2D eigenvalue weighted by Gasteiger charge is 2.39. The molecule has 5 aromatic rings. The Morgan fingerprint density at radius 1 is 0.951 bits per heavy atom. The first-order chi connectivity index (χ1) is 19.6. The van der Waals surface area contributed by atoms with Gasteiger partial charge in [-0.15, -0.1) is 0 Å². The van der Waals surface area contributed by atoms with Gasteiger partial charge in [-0.1, -0.05) is 12.1 Å². The van der Waals surface area contributed by atoms with Gasteiger partial charge >= 0.3 is 0 Å². The molecule has 41 heavy (non-hydrogen) atoms. The molecule has 1 N–H and O–H groups in total. The second-order valence-electron chi connectivity index (χ2n) is 9.50. The third kappa shape index (κ3) is 4.89. The Hall–Kier alpha value is -5.10. The average Bonchev–Trinajstić information content (AvgIpc) is 3.55. The van der Waals surface area contributed by atoms with Crippen LogP contribution in [0, 0.1) is 5.82 Å². The quantitative estimate of drug-likeness (QED) is 0.277. The molecule has 10 nitrogen and oxygen atoms in total. The van der Waals surface area contributed by atoms with E-state index in [0.717, 1.165) is 11.2 Å². The molecule has 0 unspecified atom stereocenters. The van der Waals surface area contributed by atoms with Crippen LogP contribution in [0.25, 0.3) is 16.6 Å². The predicted octanol–water partition coefficient (Wildman–Crippen LogP) is 4.87. The lowest BCUT2D eigenvalue weighted by molar-refractivity contribution is 0.0922. The third-order valence-corrected chi connectivity index (χ3v) is 7.16. The van der Waals surface area contributed by atoms with Gasteiger partial charge in [-0.25, -0.2) is 27.4 Å². The number of carbonyl (C=O) groups excluding carboxylic acids is 2. The van der Waals surface area contributed by atoms with Crippen molar-refractivity contribution >= 4 is 44.2 Å². The van der Waals surface area contributed by atoms with Gasteiger partial charge in [0.25, 0.3) is 11.8 Å². The zero-order chi connectivity index (χ0) is 28.9. The van der Waals surface area contributed by atoms with Crippen LogP contribution < -0.4 is 14.4 Å². The summed E-state index contributed by atoms with van der Waals surface area (Å²) < 4.78 is 48.4. The highest BCUT2D eigenvalue weighted by Crippen LogP contribution is 2.39. The van der Waals surface area contributed by atoms with E-state index in [1.807, 2.05) is 0 Å². The van der Waals surface area contributed by atoms with Crippen molar-refractivity contribution in [3.63, 3.8) is 0 Å². The summed E-state index contributed by atoms with van der Waals surface area (Å²) in [5.74, 6) is -1.61. The highest BCUT2D eigenvalue weighted by molar-refractivity contribution is 7.92. The van der Waals surface area contributed by atoms with Crippen molar-refractivity contribution in [2.75, 3.05) is 15.9 Å². The number of hydrogen-bond acceptors (Lipinski definition) is 7. The van der Waals surface area contributed by atoms with E-state index < -0.39 is 33.8 Å². The van der Waals surface area contributed by atoms with Gasteiger partial charge < -0.3 is 4.74 Å². The average molecular weight is 572 g/mol. The van der Waals surface area contributed by atoms with Crippen LogP contribution in [0.3, 0.4) is 0 Å². The Balaban J connectivity index is 1.48. The molecule has 2 aromatic heterocycles. The van der Waals surface area contributed by atoms with Crippen molar-refractivity contribution in [2.45, 2.75) is 13.0 Å². The summed E-state index contributed by atoms with van der Waals surface area (Å²) >= 11 is 0. The number of amides is 2. The lowest BCUT2D eigenvalue weighted by Gasteiger charge is -2.23. The molecule has 1 aliphatic heterocycles. The minimum absolute atomic E-state index is 0.0480. The first-order valence-electron chi connectivity index (χ1n) is 12.5. The number of nitrogens with zero attached hydrogens (tertiary/aromatic N) is 4. The Bertz CT molecular complexity index is 1930. The molecule has 0 bridgehead atoms. The first kappa shape index (κ1) is 26.1. The Labute approximate surface area is 234 Å². The van der Waals surface area contributed by atoms with E-state index in [2.05, 4.69) is 14.8 Å². The minimum atomic E-state index is -3.57. The van der Waals surface area contributed by atoms with Crippen LogP contribution >= 0.6 is 0 Å². The molecule has 3 heterocycles. The maximum absolute atomic E-state index is 14.1. The number of halogens is 1. The lowest BCUT2D eigenvalue weighted by Crippen LogP contribution is -2.31. The summed E-state index contributed by atoms with van der Waals surface area (Å²) in [6.45, 7) is 1.72. The van der Waals surface area contributed by atoms with Crippen molar-refractivity contribution < 1.29 is 27.1 Å². The van der Waals surface area contributed by atoms with Crippen LogP contribution in [0.1, 0.15) is 39.3 Å². The number of carbonyl (C=O) groups is 2. The topological polar surface area (TPSA) is 123 Å². The van der Waals surface area contributed by atoms with E-state index in [1.165, 1.54) is 24.3 Å². The van der Waals surface area contributed by atoms with E-state index >= 15 is 0 Å². The predicted molar refractivity (Wildman–Crippen MR) is 150 cm³/mol. The summed E-state index contributed by atoms with van der Waals surface area (Å²) in [5, 5.41) is 4.68. The van der Waals surface area contributed by atoms with Crippen LogP contribution in [-0.2, 0) is 10.0 Å². The van der Waals surface area contributed by atoms with E-state index in [0.29, 0.717) is 27.8 Å². The molecular formula is C29H22FN5O5S. The Kier molecular flexibility index (Phi) is 6.26. The summed E-state index contributed by atoms with van der Waals surface area (Å²) in [4.78, 5) is 32.2. The standard InChI is InChI=1S/C29H22FN5O5S/c1-17(23-16-20(33-41(2,38)39)9-11-25(23)34-13-5-12-31-34)40-26-15-18-14-19(30)8-10-24(18)32-27(26)35-28(36)21-6-3-4-7-22(21)29(35)37/h3-17,33H,1-2H3/t17-/m0/s1. The molecule has 206 valence electrons. The number of nitrogens with one attached hydrogen (secondary N) is 1. The van der Waals surface area contributed by atoms with Crippen LogP contribution in [0.4, 0.5) is 15.9 Å². The largest absolute Gasteiger partial charge is 0.482 e. The maximum atomic E-state index is 14.1. The lowest BCUT2D eigenvalue weighted by atomic mass is 10.1. The second kappa shape index (κ2) is 9.82. The summed E-state index contributed by atoms with van der Waals surface area (Å²) in [5.41, 5.74) is 2.26. The molecule has 12 heteroatoms. The molecular weight excluding hydrogens is 549 g/mol. The van der Waals surface area contributed by atoms with Crippen LogP contribution in [-0.4, -0.2) is 41.3 Å². The molecule has 1 atom stereocenters. The molecule has 2 amide bonds. The van der Waals surface area contributed by atoms with E-state index in [4.69, 9.17) is 4.74 Å². The summed E-state index contributed by atoms with van der Waals surface area (Å²) in [6, 6.07) is 18.6. The fourth-order valence-electron chi connectivity index (χ4n) is 4.78. The number of sulfonamides is 1. The van der Waals surface area contributed by atoms with Gasteiger partial charge in [-0.2, -0.15) is 5.10 Å². The SMILES string of the molecule is C[C@H](Oc1cc2cc(F)ccc2nc1N1C(=O)c2ccccc2C1=O)c1cc(NS(C)(=O)=O)ccc1-n1cccn1. The molecule has 6 rings (SSSR count). The van der Waals surface area contributed by atoms with Gasteiger partial charge in [0.1, 0.15) is 11.9 Å². The van der Waals surface area contributed by atoms with Crippen molar-refractivity contribution in [1.29, 1.82) is 0 Å². The number of imide groups is 1. The molecule has 0 fully saturated rings. The van der Waals surface area contributed by atoms with Gasteiger partial charge in [0.05, 0.1) is 28.6 Å². The van der Waals surface area contributed by atoms with Crippen molar-refractivity contribution in [3.05, 3.63) is 108 Å². The number of ether oxygens (including phenoxy) is 1. The fourth-order valence-corrected chi connectivity index (χ4v) is 5.33. The number of hydrogen-bond donors (Lipinski definition) is 1. The normalized spacial score (nSPS) is 13.9. The van der Waals surface area contributed by atoms with Crippen LogP contribution in [0.2, 0.25) is 0 Å². The number of aromatic nitrogens is 3. The zero-order valence-electron chi connectivity index (χ0n) is 21.8. The number of benzene rings is 3. The first-order valence-corrected chi connectivity index (χ1v) is 14.3. The monoisotopic (exact) mass is 571 g/mol. The van der Waals surface area contributed by atoms with Gasteiger partial charge in [0.2, 0.25) is 10.0 Å². The fraction of sp³-hybridized carbons (Fsp3) is 0.103. The van der Waals surface area contributed by atoms with Crippen molar-refractivity contribution in [2.24, 2.45) is 0 Å². The Morgan fingerprint density at radius 3 is 2.34 bits per heavy atom. The smallest absolute Gasteiger partial charge is 0.267 e. The van der Waals surface area contributed by atoms with Gasteiger partial charge in [0, 0.05) is 29.0 Å². The van der Waals surface area contributed by atoms with E-state index in [9.17, 15) is 22.4 Å². The Morgan fingerprint density at radius 2 is 1.68 bits per heavy atom. The number of rotatable bonds is 7. The highest BCUT2D eigenvalue weighted by atomic mass is 32.2. The third-order valence-electron chi connectivity index (χ3n) is 6.55. The van der Waals surface area contributed by atoms with Gasteiger partial charge in [-0.3, -0.25) is 14.3 Å². The van der Waals surface area contributed by atoms with E-state index in [-0.39, 0.29) is 22.7 Å². The van der Waals surface area contributed by atoms with Crippen molar-refractivity contribution in [3.8, 4) is 11.4 Å². The maximum Gasteiger partial charge on any atom is 0.267 e. The number of fused-ring (bicyclic) bond motifs is 2. The second-order valence-corrected chi connectivity index (χ2v) is 11.2. The number of anilines is 2. The number of pyridine rings is 1. The summed E-state index contributed by atoms with van der Waals surface area (Å²) in [6.07, 6.45) is 3.58. The van der Waals surface area contributed by atoms with Crippen LogP contribution in [0.15, 0.2) is 85.2 Å². The molecule has 0 saturated carbocycles. The zero-order valence-corrected chi connectivity index (χ0v) is 22.6. The van der Waals surface area contributed by atoms with Crippen molar-refractivity contribution in [1.82, 2.24) is 14.8 Å². The molecule has 0 aliphatic carbocycles. The van der Waals surface area contributed by atoms with E-state index in [1.54, 1.807) is 72.5 Å². The molecule has 1 aliphatic rings. The summed E-state index contributed by atoms with van der Waals surface area (Å²) in [7, 11) is -3.57. The molecule has 0 spiro atoms. The van der Waals surface area contributed by atoms with Gasteiger partial charge in [0.15, 0.2) is 11.6 Å². The molecule has 3 aromatic carbocycles. The minimum Gasteiger partial charge on any atom is -0.482 e. The van der Waals surface area contributed by atoms with Gasteiger partial charge in [-0.05, 0) is 67.6 Å². The molecule has 0 radical (unpaired) electrons. The van der Waals surface area contributed by atoms with Crippen LogP contribution in [0.5, 0.6) is 5.75 Å².